The van der Waals surface area contributed by atoms with Gasteiger partial charge < -0.3 is 14.8 Å². The number of methoxy groups -OCH3 is 2. The summed E-state index contributed by atoms with van der Waals surface area (Å²) in [5.41, 5.74) is 2.41. The first kappa shape index (κ1) is 12.9. The lowest BCUT2D eigenvalue weighted by Gasteiger charge is -2.07. The summed E-state index contributed by atoms with van der Waals surface area (Å²) in [6.07, 6.45) is 0. The lowest BCUT2D eigenvalue weighted by Crippen LogP contribution is -2.03. The molecule has 18 heavy (non-hydrogen) atoms. The highest BCUT2D eigenvalue weighted by Gasteiger charge is 2.06. The molecule has 96 valence electrons. The van der Waals surface area contributed by atoms with Crippen LogP contribution < -0.4 is 14.8 Å². The summed E-state index contributed by atoms with van der Waals surface area (Å²) in [5.74, 6) is 1.63. The Kier molecular flexibility index (Phi) is 4.23. The second-order valence-corrected chi connectivity index (χ2v) is 4.86. The van der Waals surface area contributed by atoms with Crippen molar-refractivity contribution in [2.75, 3.05) is 21.3 Å². The number of rotatable bonds is 5. The fourth-order valence-corrected chi connectivity index (χ4v) is 2.68. The zero-order valence-corrected chi connectivity index (χ0v) is 11.6. The average molecular weight is 263 g/mol. The Morgan fingerprint density at radius 3 is 2.28 bits per heavy atom. The van der Waals surface area contributed by atoms with Crippen molar-refractivity contribution < 1.29 is 9.47 Å². The molecule has 1 heterocycles. The molecule has 2 rings (SSSR count). The zero-order valence-electron chi connectivity index (χ0n) is 10.8. The van der Waals surface area contributed by atoms with Crippen molar-refractivity contribution >= 4 is 11.3 Å². The van der Waals surface area contributed by atoms with Crippen molar-refractivity contribution in [1.82, 2.24) is 5.32 Å². The van der Waals surface area contributed by atoms with E-state index in [-0.39, 0.29) is 0 Å². The fraction of sp³-hybridized carbons (Fsp3) is 0.286. The molecule has 0 fully saturated rings. The first-order chi connectivity index (χ1) is 8.76. The van der Waals surface area contributed by atoms with Crippen LogP contribution in [0.25, 0.3) is 10.4 Å². The van der Waals surface area contributed by atoms with Gasteiger partial charge >= 0.3 is 0 Å². The van der Waals surface area contributed by atoms with Crippen LogP contribution in [-0.2, 0) is 6.54 Å². The Labute approximate surface area is 111 Å². The molecule has 0 saturated carbocycles. The number of benzene rings is 1. The van der Waals surface area contributed by atoms with Crippen molar-refractivity contribution in [3.63, 3.8) is 0 Å². The summed E-state index contributed by atoms with van der Waals surface area (Å²) in [7, 11) is 5.28. The van der Waals surface area contributed by atoms with Crippen molar-refractivity contribution in [2.45, 2.75) is 6.54 Å². The second kappa shape index (κ2) is 5.89. The van der Waals surface area contributed by atoms with Gasteiger partial charge in [0.15, 0.2) is 0 Å². The highest BCUT2D eigenvalue weighted by molar-refractivity contribution is 7.13. The first-order valence-electron chi connectivity index (χ1n) is 5.72. The molecule has 1 aromatic carbocycles. The Bertz CT molecular complexity index is 500. The summed E-state index contributed by atoms with van der Waals surface area (Å²) in [4.78, 5) is 1.22. The van der Waals surface area contributed by atoms with Crippen LogP contribution in [0.4, 0.5) is 0 Å². The van der Waals surface area contributed by atoms with Gasteiger partial charge in [0, 0.05) is 17.5 Å². The molecule has 2 aromatic rings. The standard InChI is InChI=1S/C14H17NO2S/c1-15-8-10-4-14(18-9-10)11-5-12(16-2)7-13(6-11)17-3/h4-7,9,15H,8H2,1-3H3. The van der Waals surface area contributed by atoms with Gasteiger partial charge in [-0.3, -0.25) is 0 Å². The number of nitrogens with one attached hydrogen (secondary N) is 1. The Hall–Kier alpha value is -1.52. The quantitative estimate of drug-likeness (QED) is 0.899. The smallest absolute Gasteiger partial charge is 0.123 e. The highest BCUT2D eigenvalue weighted by Crippen LogP contribution is 2.33. The molecule has 0 unspecified atom stereocenters. The van der Waals surface area contributed by atoms with Crippen LogP contribution >= 0.6 is 11.3 Å². The maximum atomic E-state index is 5.29. The second-order valence-electron chi connectivity index (χ2n) is 3.95. The molecular weight excluding hydrogens is 246 g/mol. The number of hydrogen-bond donors (Lipinski definition) is 1. The molecule has 0 spiro atoms. The van der Waals surface area contributed by atoms with Crippen LogP contribution in [0.3, 0.4) is 0 Å². The maximum Gasteiger partial charge on any atom is 0.123 e. The van der Waals surface area contributed by atoms with Crippen LogP contribution in [0.15, 0.2) is 29.6 Å². The number of thiophene rings is 1. The molecule has 4 heteroatoms. The average Bonchev–Trinajstić information content (AvgIpc) is 2.87. The van der Waals surface area contributed by atoms with Crippen molar-refractivity contribution in [3.05, 3.63) is 35.2 Å². The normalized spacial score (nSPS) is 10.4. The van der Waals surface area contributed by atoms with Gasteiger partial charge in [-0.05, 0) is 41.8 Å². The van der Waals surface area contributed by atoms with Gasteiger partial charge in [0.1, 0.15) is 11.5 Å². The molecule has 0 atom stereocenters. The van der Waals surface area contributed by atoms with E-state index in [2.05, 4.69) is 16.8 Å². The first-order valence-corrected chi connectivity index (χ1v) is 6.60. The summed E-state index contributed by atoms with van der Waals surface area (Å²) in [6.45, 7) is 0.887. The predicted octanol–water partition coefficient (Wildman–Crippen LogP) is 3.15. The largest absolute Gasteiger partial charge is 0.497 e. The van der Waals surface area contributed by atoms with Gasteiger partial charge in [-0.25, -0.2) is 0 Å². The molecule has 3 nitrogen and oxygen atoms in total. The predicted molar refractivity (Wildman–Crippen MR) is 75.6 cm³/mol. The molecule has 0 aliphatic heterocycles. The van der Waals surface area contributed by atoms with E-state index in [0.717, 1.165) is 23.6 Å². The third-order valence-corrected chi connectivity index (χ3v) is 3.70. The molecule has 1 aromatic heterocycles. The molecule has 0 amide bonds. The monoisotopic (exact) mass is 263 g/mol. The van der Waals surface area contributed by atoms with Crippen LogP contribution in [0.1, 0.15) is 5.56 Å². The molecule has 0 aliphatic carbocycles. The topological polar surface area (TPSA) is 30.5 Å². The molecule has 1 N–H and O–H groups in total. The van der Waals surface area contributed by atoms with Gasteiger partial charge in [-0.2, -0.15) is 0 Å². The maximum absolute atomic E-state index is 5.29. The lowest BCUT2D eigenvalue weighted by molar-refractivity contribution is 0.394. The van der Waals surface area contributed by atoms with E-state index < -0.39 is 0 Å². The highest BCUT2D eigenvalue weighted by atomic mass is 32.1. The van der Waals surface area contributed by atoms with Gasteiger partial charge in [0.05, 0.1) is 14.2 Å². The van der Waals surface area contributed by atoms with E-state index in [4.69, 9.17) is 9.47 Å². The Morgan fingerprint density at radius 2 is 1.72 bits per heavy atom. The molecule has 0 bridgehead atoms. The van der Waals surface area contributed by atoms with Gasteiger partial charge in [-0.1, -0.05) is 0 Å². The molecular formula is C14H17NO2S. The van der Waals surface area contributed by atoms with E-state index in [1.54, 1.807) is 25.6 Å². The number of ether oxygens (including phenoxy) is 2. The molecule has 0 radical (unpaired) electrons. The van der Waals surface area contributed by atoms with Gasteiger partial charge in [-0.15, -0.1) is 11.3 Å². The van der Waals surface area contributed by atoms with Crippen molar-refractivity contribution in [2.24, 2.45) is 0 Å². The third-order valence-electron chi connectivity index (χ3n) is 2.67. The SMILES string of the molecule is CNCc1csc(-c2cc(OC)cc(OC)c2)c1. The zero-order chi connectivity index (χ0) is 13.0. The van der Waals surface area contributed by atoms with Crippen LogP contribution in [0, 0.1) is 0 Å². The summed E-state index contributed by atoms with van der Waals surface area (Å²) >= 11 is 1.73. The summed E-state index contributed by atoms with van der Waals surface area (Å²) < 4.78 is 10.6. The summed E-state index contributed by atoms with van der Waals surface area (Å²) in [6, 6.07) is 8.12. The van der Waals surface area contributed by atoms with Gasteiger partial charge in [0.25, 0.3) is 0 Å². The molecule has 0 saturated heterocycles. The van der Waals surface area contributed by atoms with Gasteiger partial charge in [0.2, 0.25) is 0 Å². The van der Waals surface area contributed by atoms with E-state index in [1.807, 2.05) is 25.2 Å². The van der Waals surface area contributed by atoms with E-state index in [9.17, 15) is 0 Å². The van der Waals surface area contributed by atoms with Crippen LogP contribution in [0.2, 0.25) is 0 Å². The fourth-order valence-electron chi connectivity index (χ4n) is 1.77. The van der Waals surface area contributed by atoms with Crippen molar-refractivity contribution in [1.29, 1.82) is 0 Å². The minimum absolute atomic E-state index is 0.813. The Morgan fingerprint density at radius 1 is 1.06 bits per heavy atom. The van der Waals surface area contributed by atoms with Crippen molar-refractivity contribution in [3.8, 4) is 21.9 Å². The van der Waals surface area contributed by atoms with E-state index in [0.29, 0.717) is 0 Å². The lowest BCUT2D eigenvalue weighted by atomic mass is 10.1. The minimum Gasteiger partial charge on any atom is -0.497 e. The number of hydrogen-bond acceptors (Lipinski definition) is 4. The third kappa shape index (κ3) is 2.83. The van der Waals surface area contributed by atoms with E-state index in [1.165, 1.54) is 10.4 Å². The van der Waals surface area contributed by atoms with Crippen LogP contribution in [0.5, 0.6) is 11.5 Å². The Balaban J connectivity index is 2.35. The summed E-state index contributed by atoms with van der Waals surface area (Å²) in [5, 5.41) is 5.32. The molecule has 0 aliphatic rings. The van der Waals surface area contributed by atoms with E-state index >= 15 is 0 Å². The minimum atomic E-state index is 0.813. The van der Waals surface area contributed by atoms with Crippen LogP contribution in [-0.4, -0.2) is 21.3 Å².